The van der Waals surface area contributed by atoms with Gasteiger partial charge in [-0.1, -0.05) is 12.1 Å². The molecule has 2 aromatic heterocycles. The van der Waals surface area contributed by atoms with Crippen LogP contribution in [-0.4, -0.2) is 16.0 Å². The van der Waals surface area contributed by atoms with Gasteiger partial charge in [0.15, 0.2) is 5.11 Å². The lowest BCUT2D eigenvalue weighted by Gasteiger charge is -2.11. The molecule has 1 amide bonds. The Kier molecular flexibility index (Phi) is 5.37. The lowest BCUT2D eigenvalue weighted by atomic mass is 10.3. The number of hydrogen-bond acceptors (Lipinski definition) is 5. The number of nitrogens with zero attached hydrogens (tertiary/aromatic N) is 1. The molecule has 0 aliphatic rings. The molecule has 3 aromatic rings. The van der Waals surface area contributed by atoms with Crippen molar-refractivity contribution in [1.29, 1.82) is 0 Å². The normalized spacial score (nSPS) is 10.3. The van der Waals surface area contributed by atoms with Crippen molar-refractivity contribution in [3.63, 3.8) is 0 Å². The Morgan fingerprint density at radius 2 is 2.04 bits per heavy atom. The van der Waals surface area contributed by atoms with E-state index in [9.17, 15) is 9.18 Å². The summed E-state index contributed by atoms with van der Waals surface area (Å²) < 4.78 is 13.6. The standard InChI is InChI=1S/C16H13FN4OS3/c1-9-13(25-15(18-9)10-6-7-24-8-10)14(22)20-21-16(23)19-12-5-3-2-4-11(12)17/h2-8H,1H3,(H,20,22)(H2,19,21,23). The van der Waals surface area contributed by atoms with Gasteiger partial charge in [0.25, 0.3) is 5.91 Å². The third-order valence-electron chi connectivity index (χ3n) is 3.18. The van der Waals surface area contributed by atoms with Gasteiger partial charge in [-0.15, -0.1) is 11.3 Å². The molecule has 0 atom stereocenters. The van der Waals surface area contributed by atoms with Crippen LogP contribution < -0.4 is 16.2 Å². The molecule has 3 rings (SSSR count). The van der Waals surface area contributed by atoms with Crippen molar-refractivity contribution in [2.24, 2.45) is 0 Å². The van der Waals surface area contributed by atoms with Crippen LogP contribution in [0, 0.1) is 12.7 Å². The van der Waals surface area contributed by atoms with Crippen LogP contribution in [0.3, 0.4) is 0 Å². The predicted molar refractivity (Wildman–Crippen MR) is 103 cm³/mol. The van der Waals surface area contributed by atoms with Crippen molar-refractivity contribution in [2.45, 2.75) is 6.92 Å². The van der Waals surface area contributed by atoms with E-state index in [1.54, 1.807) is 36.5 Å². The predicted octanol–water partition coefficient (Wildman–Crippen LogP) is 3.95. The molecule has 3 N–H and O–H groups in total. The van der Waals surface area contributed by atoms with Gasteiger partial charge < -0.3 is 5.32 Å². The van der Waals surface area contributed by atoms with Gasteiger partial charge in [-0.3, -0.25) is 15.6 Å². The van der Waals surface area contributed by atoms with Crippen LogP contribution in [0.15, 0.2) is 41.1 Å². The van der Waals surface area contributed by atoms with Gasteiger partial charge in [0.2, 0.25) is 0 Å². The van der Waals surface area contributed by atoms with Crippen LogP contribution in [-0.2, 0) is 0 Å². The zero-order valence-corrected chi connectivity index (χ0v) is 15.4. The van der Waals surface area contributed by atoms with Gasteiger partial charge in [0.1, 0.15) is 15.7 Å². The highest BCUT2D eigenvalue weighted by atomic mass is 32.1. The molecule has 0 aliphatic heterocycles. The largest absolute Gasteiger partial charge is 0.329 e. The fourth-order valence-corrected chi connectivity index (χ4v) is 3.84. The molecule has 0 bridgehead atoms. The van der Waals surface area contributed by atoms with E-state index in [1.807, 2.05) is 16.8 Å². The van der Waals surface area contributed by atoms with E-state index < -0.39 is 5.82 Å². The highest BCUT2D eigenvalue weighted by Crippen LogP contribution is 2.29. The lowest BCUT2D eigenvalue weighted by molar-refractivity contribution is 0.0947. The smallest absolute Gasteiger partial charge is 0.281 e. The number of rotatable bonds is 3. The maximum atomic E-state index is 13.6. The maximum absolute atomic E-state index is 13.6. The van der Waals surface area contributed by atoms with Crippen LogP contribution in [0.1, 0.15) is 15.4 Å². The summed E-state index contributed by atoms with van der Waals surface area (Å²) in [6.07, 6.45) is 0. The first kappa shape index (κ1) is 17.5. The van der Waals surface area contributed by atoms with E-state index in [-0.39, 0.29) is 16.7 Å². The van der Waals surface area contributed by atoms with E-state index in [0.29, 0.717) is 10.6 Å². The Hall–Kier alpha value is -2.36. The molecular formula is C16H13FN4OS3. The molecule has 1 aromatic carbocycles. The number of nitrogens with one attached hydrogen (secondary N) is 3. The van der Waals surface area contributed by atoms with E-state index >= 15 is 0 Å². The van der Waals surface area contributed by atoms with Crippen LogP contribution in [0.2, 0.25) is 0 Å². The Labute approximate surface area is 156 Å². The first-order chi connectivity index (χ1) is 12.0. The first-order valence-electron chi connectivity index (χ1n) is 7.16. The Bertz CT molecular complexity index is 908. The Balaban J connectivity index is 1.61. The van der Waals surface area contributed by atoms with Crippen molar-refractivity contribution >= 4 is 51.6 Å². The van der Waals surface area contributed by atoms with E-state index in [4.69, 9.17) is 12.2 Å². The number of benzene rings is 1. The molecule has 0 spiro atoms. The van der Waals surface area contributed by atoms with Gasteiger partial charge in [-0.2, -0.15) is 11.3 Å². The second kappa shape index (κ2) is 7.68. The third-order valence-corrected chi connectivity index (χ3v) is 5.28. The van der Waals surface area contributed by atoms with E-state index in [2.05, 4.69) is 21.2 Å². The summed E-state index contributed by atoms with van der Waals surface area (Å²) in [5, 5.41) is 7.49. The third kappa shape index (κ3) is 4.19. The number of thiocarbonyl (C=S) groups is 1. The van der Waals surface area contributed by atoms with Gasteiger partial charge in [0.05, 0.1) is 11.4 Å². The second-order valence-corrected chi connectivity index (χ2v) is 7.15. The van der Waals surface area contributed by atoms with Crippen molar-refractivity contribution < 1.29 is 9.18 Å². The van der Waals surface area contributed by atoms with Crippen LogP contribution in [0.5, 0.6) is 0 Å². The molecule has 0 saturated carbocycles. The summed E-state index contributed by atoms with van der Waals surface area (Å²) in [7, 11) is 0. The van der Waals surface area contributed by atoms with E-state index in [1.165, 1.54) is 17.4 Å². The van der Waals surface area contributed by atoms with Crippen LogP contribution >= 0.6 is 34.9 Å². The molecule has 2 heterocycles. The molecule has 0 fully saturated rings. The molecule has 0 saturated heterocycles. The monoisotopic (exact) mass is 392 g/mol. The molecular weight excluding hydrogens is 379 g/mol. The fourth-order valence-electron chi connectivity index (χ4n) is 2.00. The van der Waals surface area contributed by atoms with Gasteiger partial charge in [0, 0.05) is 10.9 Å². The second-order valence-electron chi connectivity index (χ2n) is 4.96. The molecule has 0 unspecified atom stereocenters. The van der Waals surface area contributed by atoms with E-state index in [0.717, 1.165) is 10.6 Å². The first-order valence-corrected chi connectivity index (χ1v) is 9.33. The SMILES string of the molecule is Cc1nc(-c2ccsc2)sc1C(=O)NNC(=S)Nc1ccccc1F. The summed E-state index contributed by atoms with van der Waals surface area (Å²) in [5.41, 5.74) is 6.91. The summed E-state index contributed by atoms with van der Waals surface area (Å²) in [6, 6.07) is 8.08. The number of aromatic nitrogens is 1. The number of carbonyl (C=O) groups excluding carboxylic acids is 1. The minimum Gasteiger partial charge on any atom is -0.329 e. The molecule has 128 valence electrons. The van der Waals surface area contributed by atoms with Crippen molar-refractivity contribution in [3.8, 4) is 10.6 Å². The number of anilines is 1. The number of para-hydroxylation sites is 1. The summed E-state index contributed by atoms with van der Waals surface area (Å²) in [4.78, 5) is 17.2. The Morgan fingerprint density at radius 3 is 2.76 bits per heavy atom. The summed E-state index contributed by atoms with van der Waals surface area (Å²) >= 11 is 7.93. The summed E-state index contributed by atoms with van der Waals surface area (Å²) in [6.45, 7) is 1.77. The number of aryl methyl sites for hydroxylation is 1. The van der Waals surface area contributed by atoms with Gasteiger partial charge >= 0.3 is 0 Å². The maximum Gasteiger partial charge on any atom is 0.281 e. The quantitative estimate of drug-likeness (QED) is 0.465. The van der Waals surface area contributed by atoms with Crippen molar-refractivity contribution in [1.82, 2.24) is 15.8 Å². The highest BCUT2D eigenvalue weighted by Gasteiger charge is 2.16. The topological polar surface area (TPSA) is 66.0 Å². The molecule has 0 aliphatic carbocycles. The number of hydrazine groups is 1. The van der Waals surface area contributed by atoms with Gasteiger partial charge in [-0.05, 0) is 42.7 Å². The molecule has 5 nitrogen and oxygen atoms in total. The number of halogens is 1. The molecule has 0 radical (unpaired) electrons. The fraction of sp³-hybridized carbons (Fsp3) is 0.0625. The average Bonchev–Trinajstić information content (AvgIpc) is 3.24. The minimum atomic E-state index is -0.434. The Morgan fingerprint density at radius 1 is 1.24 bits per heavy atom. The van der Waals surface area contributed by atoms with Crippen molar-refractivity contribution in [2.75, 3.05) is 5.32 Å². The zero-order valence-electron chi connectivity index (χ0n) is 13.0. The number of thiazole rings is 1. The number of carbonyl (C=O) groups is 1. The average molecular weight is 393 g/mol. The molecule has 25 heavy (non-hydrogen) atoms. The highest BCUT2D eigenvalue weighted by molar-refractivity contribution is 7.80. The van der Waals surface area contributed by atoms with Crippen LogP contribution in [0.25, 0.3) is 10.6 Å². The molecule has 9 heteroatoms. The summed E-state index contributed by atoms with van der Waals surface area (Å²) in [5.74, 6) is -0.786. The lowest BCUT2D eigenvalue weighted by Crippen LogP contribution is -2.43. The minimum absolute atomic E-state index is 0.0821. The zero-order chi connectivity index (χ0) is 17.8. The van der Waals surface area contributed by atoms with Gasteiger partial charge in [-0.25, -0.2) is 9.37 Å². The number of hydrogen-bond donors (Lipinski definition) is 3. The number of thiophene rings is 1. The van der Waals surface area contributed by atoms with Crippen LogP contribution in [0.4, 0.5) is 10.1 Å². The van der Waals surface area contributed by atoms with Crippen molar-refractivity contribution in [3.05, 3.63) is 57.5 Å². The number of amides is 1.